The summed E-state index contributed by atoms with van der Waals surface area (Å²) in [6, 6.07) is 22.0. The second kappa shape index (κ2) is 7.89. The molecule has 0 fully saturated rings. The zero-order chi connectivity index (χ0) is 19.5. The Morgan fingerprint density at radius 3 is 2.55 bits per heavy atom. The molecule has 2 aromatic heterocycles. The molecular formula is C22H17N5OS. The predicted octanol–water partition coefficient (Wildman–Crippen LogP) is 4.73. The van der Waals surface area contributed by atoms with Crippen molar-refractivity contribution in [3.8, 4) is 17.1 Å². The number of pyridine rings is 1. The van der Waals surface area contributed by atoms with E-state index in [1.807, 2.05) is 54.6 Å². The summed E-state index contributed by atoms with van der Waals surface area (Å²) in [7, 11) is 0. The van der Waals surface area contributed by atoms with Gasteiger partial charge in [0.1, 0.15) is 0 Å². The molecule has 4 aromatic rings. The van der Waals surface area contributed by atoms with Crippen LogP contribution in [0.15, 0.2) is 84.3 Å². The number of anilines is 1. The molecule has 142 valence electrons. The summed E-state index contributed by atoms with van der Waals surface area (Å²) >= 11 is 1.54. The largest absolute Gasteiger partial charge is 0.448 e. The van der Waals surface area contributed by atoms with Gasteiger partial charge in [-0.15, -0.1) is 10.2 Å². The number of nitrogens with zero attached hydrogens (tertiary/aromatic N) is 4. The number of nitrogens with one attached hydrogen (secondary N) is 1. The third-order valence-electron chi connectivity index (χ3n) is 4.55. The van der Waals surface area contributed by atoms with Gasteiger partial charge >= 0.3 is 0 Å². The van der Waals surface area contributed by atoms with Crippen molar-refractivity contribution in [3.63, 3.8) is 0 Å². The SMILES string of the molecule is c1ccc(CSc2nnc3c(n2)OC(c2ccncc2)Nc2ccccc2-3)cc1. The Bertz CT molecular complexity index is 1120. The zero-order valence-corrected chi connectivity index (χ0v) is 16.2. The van der Waals surface area contributed by atoms with Crippen molar-refractivity contribution >= 4 is 17.4 Å². The van der Waals surface area contributed by atoms with Crippen LogP contribution in [0.3, 0.4) is 0 Å². The second-order valence-electron chi connectivity index (χ2n) is 6.49. The highest BCUT2D eigenvalue weighted by Gasteiger charge is 2.25. The molecule has 2 aromatic carbocycles. The van der Waals surface area contributed by atoms with E-state index in [-0.39, 0.29) is 0 Å². The quantitative estimate of drug-likeness (QED) is 0.497. The number of thioether (sulfide) groups is 1. The number of fused-ring (bicyclic) bond motifs is 3. The monoisotopic (exact) mass is 399 g/mol. The number of hydrogen-bond acceptors (Lipinski definition) is 7. The van der Waals surface area contributed by atoms with Crippen LogP contribution < -0.4 is 10.1 Å². The van der Waals surface area contributed by atoms with Crippen LogP contribution in [-0.4, -0.2) is 20.2 Å². The van der Waals surface area contributed by atoms with E-state index in [0.29, 0.717) is 16.7 Å². The lowest BCUT2D eigenvalue weighted by Crippen LogP contribution is -2.17. The Morgan fingerprint density at radius 1 is 0.897 bits per heavy atom. The van der Waals surface area contributed by atoms with Crippen molar-refractivity contribution in [1.29, 1.82) is 0 Å². The van der Waals surface area contributed by atoms with Crippen LogP contribution in [0.1, 0.15) is 17.4 Å². The molecule has 1 unspecified atom stereocenters. The van der Waals surface area contributed by atoms with Crippen molar-refractivity contribution in [2.75, 3.05) is 5.32 Å². The van der Waals surface area contributed by atoms with E-state index in [2.05, 4.69) is 37.6 Å². The van der Waals surface area contributed by atoms with Gasteiger partial charge < -0.3 is 10.1 Å². The molecule has 0 bridgehead atoms. The highest BCUT2D eigenvalue weighted by molar-refractivity contribution is 7.98. The summed E-state index contributed by atoms with van der Waals surface area (Å²) in [5.41, 5.74) is 4.64. The first kappa shape index (κ1) is 17.6. The molecule has 0 aliphatic carbocycles. The molecule has 1 N–H and O–H groups in total. The van der Waals surface area contributed by atoms with Crippen molar-refractivity contribution < 1.29 is 4.74 Å². The Hall–Kier alpha value is -3.45. The van der Waals surface area contributed by atoms with Crippen LogP contribution in [0.25, 0.3) is 11.3 Å². The van der Waals surface area contributed by atoms with E-state index in [1.54, 1.807) is 12.4 Å². The third-order valence-corrected chi connectivity index (χ3v) is 5.46. The molecule has 0 spiro atoms. The van der Waals surface area contributed by atoms with E-state index in [1.165, 1.54) is 17.3 Å². The van der Waals surface area contributed by atoms with Crippen LogP contribution in [0.4, 0.5) is 5.69 Å². The fourth-order valence-electron chi connectivity index (χ4n) is 3.12. The molecular weight excluding hydrogens is 382 g/mol. The van der Waals surface area contributed by atoms with Gasteiger partial charge in [-0.25, -0.2) is 0 Å². The lowest BCUT2D eigenvalue weighted by atomic mass is 10.1. The zero-order valence-electron chi connectivity index (χ0n) is 15.4. The highest BCUT2D eigenvalue weighted by Crippen LogP contribution is 2.39. The molecule has 3 heterocycles. The summed E-state index contributed by atoms with van der Waals surface area (Å²) < 4.78 is 6.25. The van der Waals surface area contributed by atoms with E-state index in [0.717, 1.165) is 22.6 Å². The summed E-state index contributed by atoms with van der Waals surface area (Å²) in [5, 5.41) is 12.8. The van der Waals surface area contributed by atoms with Gasteiger partial charge in [-0.2, -0.15) is 4.98 Å². The molecule has 29 heavy (non-hydrogen) atoms. The van der Waals surface area contributed by atoms with Gasteiger partial charge in [-0.05, 0) is 23.8 Å². The summed E-state index contributed by atoms with van der Waals surface area (Å²) in [5.74, 6) is 1.24. The average molecular weight is 399 g/mol. The van der Waals surface area contributed by atoms with Gasteiger partial charge in [0.2, 0.25) is 11.0 Å². The standard InChI is InChI=1S/C22H17N5OS/c1-2-6-15(7-3-1)14-29-22-25-21-19(26-27-22)17-8-4-5-9-18(17)24-20(28-21)16-10-12-23-13-11-16/h1-13,20,24H,14H2. The molecule has 1 atom stereocenters. The number of hydrogen-bond donors (Lipinski definition) is 1. The van der Waals surface area contributed by atoms with Gasteiger partial charge in [0, 0.05) is 35.0 Å². The number of aromatic nitrogens is 4. The molecule has 5 rings (SSSR count). The van der Waals surface area contributed by atoms with Gasteiger partial charge in [-0.1, -0.05) is 60.3 Å². The minimum Gasteiger partial charge on any atom is -0.448 e. The fourth-order valence-corrected chi connectivity index (χ4v) is 3.85. The van der Waals surface area contributed by atoms with Crippen LogP contribution in [0.5, 0.6) is 5.88 Å². The molecule has 0 amide bonds. The summed E-state index contributed by atoms with van der Waals surface area (Å²) in [6.45, 7) is 0. The minimum absolute atomic E-state index is 0.399. The van der Waals surface area contributed by atoms with E-state index >= 15 is 0 Å². The molecule has 7 heteroatoms. The van der Waals surface area contributed by atoms with Crippen molar-refractivity contribution in [2.45, 2.75) is 17.1 Å². The van der Waals surface area contributed by atoms with Crippen molar-refractivity contribution in [1.82, 2.24) is 20.2 Å². The van der Waals surface area contributed by atoms with Gasteiger partial charge in [0.25, 0.3) is 0 Å². The lowest BCUT2D eigenvalue weighted by molar-refractivity contribution is 0.225. The molecule has 1 aliphatic heterocycles. The van der Waals surface area contributed by atoms with Crippen LogP contribution in [-0.2, 0) is 5.75 Å². The number of rotatable bonds is 4. The summed E-state index contributed by atoms with van der Waals surface area (Å²) in [4.78, 5) is 8.77. The Morgan fingerprint density at radius 2 is 1.69 bits per heavy atom. The average Bonchev–Trinajstić information content (AvgIpc) is 2.95. The predicted molar refractivity (Wildman–Crippen MR) is 112 cm³/mol. The third kappa shape index (κ3) is 3.77. The van der Waals surface area contributed by atoms with Gasteiger partial charge in [0.05, 0.1) is 0 Å². The smallest absolute Gasteiger partial charge is 0.247 e. The number of benzene rings is 2. The maximum absolute atomic E-state index is 6.25. The van der Waals surface area contributed by atoms with Crippen LogP contribution >= 0.6 is 11.8 Å². The van der Waals surface area contributed by atoms with Gasteiger partial charge in [-0.3, -0.25) is 4.98 Å². The van der Waals surface area contributed by atoms with E-state index in [4.69, 9.17) is 4.74 Å². The number of para-hydroxylation sites is 1. The molecule has 1 aliphatic rings. The van der Waals surface area contributed by atoms with Crippen molar-refractivity contribution in [3.05, 3.63) is 90.3 Å². The van der Waals surface area contributed by atoms with Gasteiger partial charge in [0.15, 0.2) is 11.9 Å². The molecule has 0 radical (unpaired) electrons. The molecule has 0 saturated carbocycles. The normalized spacial score (nSPS) is 14.7. The fraction of sp³-hybridized carbons (Fsp3) is 0.0909. The van der Waals surface area contributed by atoms with Crippen LogP contribution in [0, 0.1) is 0 Å². The maximum Gasteiger partial charge on any atom is 0.247 e. The Labute approximate surface area is 172 Å². The van der Waals surface area contributed by atoms with E-state index in [9.17, 15) is 0 Å². The first-order chi connectivity index (χ1) is 14.4. The first-order valence-electron chi connectivity index (χ1n) is 9.21. The molecule has 0 saturated heterocycles. The lowest BCUT2D eigenvalue weighted by Gasteiger charge is -2.19. The summed E-state index contributed by atoms with van der Waals surface area (Å²) in [6.07, 6.45) is 3.10. The highest BCUT2D eigenvalue weighted by atomic mass is 32.2. The maximum atomic E-state index is 6.25. The first-order valence-corrected chi connectivity index (χ1v) is 10.2. The molecule has 6 nitrogen and oxygen atoms in total. The minimum atomic E-state index is -0.399. The topological polar surface area (TPSA) is 72.8 Å². The Kier molecular flexibility index (Phi) is 4.80. The second-order valence-corrected chi connectivity index (χ2v) is 7.43. The Balaban J connectivity index is 1.50. The number of ether oxygens (including phenoxy) is 1. The van der Waals surface area contributed by atoms with Crippen molar-refractivity contribution in [2.24, 2.45) is 0 Å². The van der Waals surface area contributed by atoms with E-state index < -0.39 is 6.23 Å². The van der Waals surface area contributed by atoms with Crippen LogP contribution in [0.2, 0.25) is 0 Å².